The Morgan fingerprint density at radius 2 is 1.55 bits per heavy atom. The van der Waals surface area contributed by atoms with Crippen LogP contribution in [0.1, 0.15) is 52.0 Å². The van der Waals surface area contributed by atoms with Gasteiger partial charge in [-0.1, -0.05) is 42.5 Å². The van der Waals surface area contributed by atoms with Crippen molar-refractivity contribution in [2.24, 2.45) is 0 Å². The van der Waals surface area contributed by atoms with E-state index in [1.807, 2.05) is 98.7 Å². The molecule has 0 aliphatic carbocycles. The van der Waals surface area contributed by atoms with Gasteiger partial charge in [-0.3, -0.25) is 9.59 Å². The predicted octanol–water partition coefficient (Wildman–Crippen LogP) is 4.10. The molecule has 0 saturated carbocycles. The molecule has 6 heteroatoms. The molecule has 0 bridgehead atoms. The quantitative estimate of drug-likeness (QED) is 0.597. The van der Waals surface area contributed by atoms with Gasteiger partial charge in [0.05, 0.1) is 23.5 Å². The summed E-state index contributed by atoms with van der Waals surface area (Å²) in [5.74, 6) is 0.648. The van der Waals surface area contributed by atoms with Crippen molar-refractivity contribution in [3.63, 3.8) is 0 Å². The first-order valence-corrected chi connectivity index (χ1v) is 10.9. The van der Waals surface area contributed by atoms with E-state index < -0.39 is 0 Å². The number of amides is 2. The summed E-state index contributed by atoms with van der Waals surface area (Å²) < 4.78 is 1.93. The second kappa shape index (κ2) is 9.77. The first-order valence-electron chi connectivity index (χ1n) is 10.9. The minimum atomic E-state index is -0.331. The molecule has 0 fully saturated rings. The van der Waals surface area contributed by atoms with Crippen LogP contribution in [0.2, 0.25) is 0 Å². The lowest BCUT2D eigenvalue weighted by Gasteiger charge is -2.31. The van der Waals surface area contributed by atoms with Gasteiger partial charge in [0.1, 0.15) is 12.4 Å². The number of carbonyl (C=O) groups is 2. The molecular weight excluding hydrogens is 388 g/mol. The third-order valence-corrected chi connectivity index (χ3v) is 5.35. The fraction of sp³-hybridized carbons (Fsp3) is 0.400. The molecule has 1 unspecified atom stereocenters. The Morgan fingerprint density at radius 3 is 2.19 bits per heavy atom. The van der Waals surface area contributed by atoms with Crippen LogP contribution in [0.5, 0.6) is 0 Å². The summed E-state index contributed by atoms with van der Waals surface area (Å²) in [5.41, 5.74) is 2.66. The molecule has 31 heavy (non-hydrogen) atoms. The fourth-order valence-electron chi connectivity index (χ4n) is 4.12. The van der Waals surface area contributed by atoms with Crippen LogP contribution in [0, 0.1) is 0 Å². The monoisotopic (exact) mass is 420 g/mol. The summed E-state index contributed by atoms with van der Waals surface area (Å²) in [4.78, 5) is 32.4. The molecule has 2 aromatic carbocycles. The number of para-hydroxylation sites is 2. The van der Waals surface area contributed by atoms with Crippen LogP contribution in [-0.2, 0) is 22.6 Å². The van der Waals surface area contributed by atoms with Gasteiger partial charge < -0.3 is 14.8 Å². The zero-order valence-electron chi connectivity index (χ0n) is 19.0. The minimum absolute atomic E-state index is 0.0391. The Morgan fingerprint density at radius 1 is 0.935 bits per heavy atom. The van der Waals surface area contributed by atoms with Crippen LogP contribution in [-0.4, -0.2) is 38.3 Å². The number of carbonyl (C=O) groups excluding carboxylic acids is 2. The van der Waals surface area contributed by atoms with E-state index >= 15 is 0 Å². The Hall–Kier alpha value is -3.15. The second-order valence-corrected chi connectivity index (χ2v) is 8.48. The van der Waals surface area contributed by atoms with E-state index in [0.717, 1.165) is 16.6 Å². The Labute approximate surface area is 184 Å². The van der Waals surface area contributed by atoms with Gasteiger partial charge in [0.2, 0.25) is 11.8 Å². The molecule has 0 saturated heterocycles. The first kappa shape index (κ1) is 22.5. The van der Waals surface area contributed by atoms with Crippen LogP contribution in [0.3, 0.4) is 0 Å². The normalized spacial score (nSPS) is 12.4. The Bertz CT molecular complexity index is 1030. The van der Waals surface area contributed by atoms with Gasteiger partial charge in [-0.05, 0) is 52.3 Å². The molecule has 6 nitrogen and oxygen atoms in total. The van der Waals surface area contributed by atoms with Crippen molar-refractivity contribution in [1.82, 2.24) is 19.8 Å². The topological polar surface area (TPSA) is 67.2 Å². The van der Waals surface area contributed by atoms with Crippen molar-refractivity contribution < 1.29 is 9.59 Å². The summed E-state index contributed by atoms with van der Waals surface area (Å²) in [7, 11) is 0. The highest BCUT2D eigenvalue weighted by Gasteiger charge is 2.24. The number of imidazole rings is 1. The molecule has 0 spiro atoms. The fourth-order valence-corrected chi connectivity index (χ4v) is 4.12. The largest absolute Gasteiger partial charge is 0.346 e. The average Bonchev–Trinajstić information content (AvgIpc) is 3.06. The summed E-state index contributed by atoms with van der Waals surface area (Å²) in [6.07, 6.45) is 0.304. The second-order valence-electron chi connectivity index (χ2n) is 8.48. The van der Waals surface area contributed by atoms with Gasteiger partial charge in [-0.2, -0.15) is 0 Å². The van der Waals surface area contributed by atoms with Crippen molar-refractivity contribution in [3.05, 3.63) is 66.0 Å². The zero-order chi connectivity index (χ0) is 22.5. The number of benzene rings is 2. The van der Waals surface area contributed by atoms with E-state index in [9.17, 15) is 9.59 Å². The zero-order valence-corrected chi connectivity index (χ0v) is 19.0. The number of nitrogens with one attached hydrogen (secondary N) is 1. The van der Waals surface area contributed by atoms with Crippen LogP contribution in [0.4, 0.5) is 0 Å². The Balaban J connectivity index is 1.86. The molecule has 1 N–H and O–H groups in total. The number of fused-ring (bicyclic) bond motifs is 1. The molecule has 3 aromatic rings. The van der Waals surface area contributed by atoms with E-state index in [1.165, 1.54) is 0 Å². The van der Waals surface area contributed by atoms with Gasteiger partial charge in [0.25, 0.3) is 0 Å². The van der Waals surface area contributed by atoms with Crippen LogP contribution >= 0.6 is 0 Å². The van der Waals surface area contributed by atoms with Crippen molar-refractivity contribution in [2.45, 2.75) is 65.7 Å². The van der Waals surface area contributed by atoms with E-state index in [1.54, 1.807) is 0 Å². The molecule has 3 rings (SSSR count). The summed E-state index contributed by atoms with van der Waals surface area (Å²) >= 11 is 0. The third kappa shape index (κ3) is 5.32. The summed E-state index contributed by atoms with van der Waals surface area (Å²) in [5, 5.41) is 3.05. The van der Waals surface area contributed by atoms with Gasteiger partial charge in [-0.15, -0.1) is 0 Å². The van der Waals surface area contributed by atoms with Crippen molar-refractivity contribution in [3.8, 4) is 0 Å². The molecule has 1 heterocycles. The molecular formula is C25H32N4O2. The molecule has 164 valence electrons. The highest BCUT2D eigenvalue weighted by atomic mass is 16.2. The summed E-state index contributed by atoms with van der Waals surface area (Å²) in [6.45, 7) is 10.2. The highest BCUT2D eigenvalue weighted by molar-refractivity contribution is 5.82. The smallest absolute Gasteiger partial charge is 0.243 e. The molecule has 0 aliphatic rings. The van der Waals surface area contributed by atoms with Crippen molar-refractivity contribution >= 4 is 22.8 Å². The standard InChI is InChI=1S/C25H32N4O2/c1-17(2)29(18(3)4)24(31)16-28-22-14-10-9-13-21(22)27-25(28)19(5)26-23(30)15-20-11-7-6-8-12-20/h6-14,17-19H,15-16H2,1-5H3,(H,26,30). The van der Waals surface area contributed by atoms with Gasteiger partial charge >= 0.3 is 0 Å². The lowest BCUT2D eigenvalue weighted by molar-refractivity contribution is -0.135. The number of hydrogen-bond donors (Lipinski definition) is 1. The van der Waals surface area contributed by atoms with E-state index in [-0.39, 0.29) is 36.5 Å². The molecule has 1 aromatic heterocycles. The lowest BCUT2D eigenvalue weighted by atomic mass is 10.1. The summed E-state index contributed by atoms with van der Waals surface area (Å²) in [6, 6.07) is 17.3. The number of rotatable bonds is 8. The van der Waals surface area contributed by atoms with Crippen LogP contribution in [0.25, 0.3) is 11.0 Å². The van der Waals surface area contributed by atoms with Gasteiger partial charge in [-0.25, -0.2) is 4.98 Å². The molecule has 0 aliphatic heterocycles. The van der Waals surface area contributed by atoms with Crippen molar-refractivity contribution in [1.29, 1.82) is 0 Å². The van der Waals surface area contributed by atoms with E-state index in [0.29, 0.717) is 12.2 Å². The molecule has 1 atom stereocenters. The SMILES string of the molecule is CC(NC(=O)Cc1ccccc1)c1nc2ccccc2n1CC(=O)N(C(C)C)C(C)C. The molecule has 0 radical (unpaired) electrons. The first-order chi connectivity index (χ1) is 14.8. The van der Waals surface area contributed by atoms with E-state index in [2.05, 4.69) is 5.32 Å². The minimum Gasteiger partial charge on any atom is -0.346 e. The lowest BCUT2D eigenvalue weighted by Crippen LogP contribution is -2.44. The van der Waals surface area contributed by atoms with Gasteiger partial charge in [0, 0.05) is 12.1 Å². The maximum Gasteiger partial charge on any atom is 0.243 e. The van der Waals surface area contributed by atoms with Crippen LogP contribution in [0.15, 0.2) is 54.6 Å². The number of nitrogens with zero attached hydrogens (tertiary/aromatic N) is 3. The average molecular weight is 421 g/mol. The van der Waals surface area contributed by atoms with Crippen LogP contribution < -0.4 is 5.32 Å². The number of hydrogen-bond acceptors (Lipinski definition) is 3. The highest BCUT2D eigenvalue weighted by Crippen LogP contribution is 2.22. The predicted molar refractivity (Wildman–Crippen MR) is 124 cm³/mol. The molecule has 2 amide bonds. The van der Waals surface area contributed by atoms with Gasteiger partial charge in [0.15, 0.2) is 0 Å². The third-order valence-electron chi connectivity index (χ3n) is 5.35. The Kier molecular flexibility index (Phi) is 7.10. The number of aromatic nitrogens is 2. The maximum atomic E-state index is 13.2. The maximum absolute atomic E-state index is 13.2. The van der Waals surface area contributed by atoms with E-state index in [4.69, 9.17) is 4.98 Å². The van der Waals surface area contributed by atoms with Crippen molar-refractivity contribution in [2.75, 3.05) is 0 Å².